The smallest absolute Gasteiger partial charge is 0.236 e. The molecule has 0 saturated carbocycles. The molecule has 4 heteroatoms. The summed E-state index contributed by atoms with van der Waals surface area (Å²) in [6.45, 7) is 6.45. The maximum absolute atomic E-state index is 11.7. The fourth-order valence-electron chi connectivity index (χ4n) is 1.91. The van der Waals surface area contributed by atoms with Crippen LogP contribution in [-0.4, -0.2) is 37.7 Å². The highest BCUT2D eigenvalue weighted by molar-refractivity contribution is 5.81. The van der Waals surface area contributed by atoms with Crippen LogP contribution in [0.4, 0.5) is 0 Å². The molecule has 0 aromatic rings. The summed E-state index contributed by atoms with van der Waals surface area (Å²) >= 11 is 0. The van der Waals surface area contributed by atoms with Crippen molar-refractivity contribution in [2.24, 2.45) is 0 Å². The Morgan fingerprint density at radius 2 is 2.29 bits per heavy atom. The third-order valence-corrected chi connectivity index (χ3v) is 3.15. The maximum Gasteiger partial charge on any atom is 0.236 e. The zero-order chi connectivity index (χ0) is 12.5. The van der Waals surface area contributed by atoms with E-state index in [9.17, 15) is 4.79 Å². The summed E-state index contributed by atoms with van der Waals surface area (Å²) in [6.07, 6.45) is 5.96. The topological polar surface area (TPSA) is 50.4 Å². The lowest BCUT2D eigenvalue weighted by molar-refractivity contribution is -0.122. The monoisotopic (exact) mass is 242 g/mol. The number of nitrogens with one attached hydrogen (secondary N) is 2. The molecule has 0 aromatic carbocycles. The van der Waals surface area contributed by atoms with E-state index in [4.69, 9.17) is 4.74 Å². The molecule has 0 aromatic heterocycles. The first-order valence-electron chi connectivity index (χ1n) is 6.86. The van der Waals surface area contributed by atoms with Gasteiger partial charge in [0.15, 0.2) is 0 Å². The lowest BCUT2D eigenvalue weighted by Gasteiger charge is -2.24. The molecule has 17 heavy (non-hydrogen) atoms. The molecule has 0 aliphatic carbocycles. The van der Waals surface area contributed by atoms with Gasteiger partial charge in [-0.3, -0.25) is 4.79 Å². The van der Waals surface area contributed by atoms with Crippen LogP contribution < -0.4 is 10.6 Å². The third-order valence-electron chi connectivity index (χ3n) is 3.15. The molecule has 0 radical (unpaired) electrons. The van der Waals surface area contributed by atoms with Crippen molar-refractivity contribution in [3.63, 3.8) is 0 Å². The molecule has 100 valence electrons. The van der Waals surface area contributed by atoms with Crippen LogP contribution in [0.3, 0.4) is 0 Å². The van der Waals surface area contributed by atoms with Crippen LogP contribution in [0, 0.1) is 0 Å². The van der Waals surface area contributed by atoms with Crippen LogP contribution in [-0.2, 0) is 9.53 Å². The second kappa shape index (κ2) is 8.48. The molecular weight excluding hydrogens is 216 g/mol. The van der Waals surface area contributed by atoms with Crippen LogP contribution in [0.25, 0.3) is 0 Å². The summed E-state index contributed by atoms with van der Waals surface area (Å²) in [5.41, 5.74) is 0. The minimum absolute atomic E-state index is 0.0919. The Labute approximate surface area is 104 Å². The first-order chi connectivity index (χ1) is 8.24. The van der Waals surface area contributed by atoms with E-state index in [1.807, 2.05) is 6.92 Å². The average molecular weight is 242 g/mol. The van der Waals surface area contributed by atoms with Crippen molar-refractivity contribution in [2.45, 2.75) is 58.1 Å². The van der Waals surface area contributed by atoms with E-state index in [1.54, 1.807) is 0 Å². The Morgan fingerprint density at radius 1 is 1.47 bits per heavy atom. The van der Waals surface area contributed by atoms with E-state index in [2.05, 4.69) is 17.6 Å². The Balaban J connectivity index is 2.10. The minimum atomic E-state index is -0.127. The number of carbonyl (C=O) groups is 1. The lowest BCUT2D eigenvalue weighted by atomic mass is 10.1. The van der Waals surface area contributed by atoms with Crippen molar-refractivity contribution in [3.05, 3.63) is 0 Å². The standard InChI is InChI=1S/C13H26N2O2/c1-3-4-8-14-13(16)11(2)15-10-12-7-5-6-9-17-12/h11-12,15H,3-10H2,1-2H3,(H,14,16). The Kier molecular flexibility index (Phi) is 7.21. The molecule has 2 N–H and O–H groups in total. The molecule has 1 aliphatic heterocycles. The van der Waals surface area contributed by atoms with E-state index in [1.165, 1.54) is 12.8 Å². The summed E-state index contributed by atoms with van der Waals surface area (Å²) in [5.74, 6) is 0.0919. The highest BCUT2D eigenvalue weighted by Gasteiger charge is 2.17. The maximum atomic E-state index is 11.7. The molecular formula is C13H26N2O2. The highest BCUT2D eigenvalue weighted by Crippen LogP contribution is 2.11. The fourth-order valence-corrected chi connectivity index (χ4v) is 1.91. The summed E-state index contributed by atoms with van der Waals surface area (Å²) in [5, 5.41) is 6.17. The second-order valence-corrected chi connectivity index (χ2v) is 4.76. The van der Waals surface area contributed by atoms with Crippen LogP contribution in [0.2, 0.25) is 0 Å². The van der Waals surface area contributed by atoms with Crippen molar-refractivity contribution in [1.82, 2.24) is 10.6 Å². The largest absolute Gasteiger partial charge is 0.377 e. The van der Waals surface area contributed by atoms with E-state index in [-0.39, 0.29) is 18.1 Å². The number of carbonyl (C=O) groups excluding carboxylic acids is 1. The van der Waals surface area contributed by atoms with Gasteiger partial charge in [0.1, 0.15) is 0 Å². The van der Waals surface area contributed by atoms with Crippen molar-refractivity contribution in [3.8, 4) is 0 Å². The van der Waals surface area contributed by atoms with Crippen LogP contribution >= 0.6 is 0 Å². The molecule has 1 fully saturated rings. The summed E-state index contributed by atoms with van der Waals surface area (Å²) in [4.78, 5) is 11.7. The predicted octanol–water partition coefficient (Wildman–Crippen LogP) is 1.45. The first-order valence-corrected chi connectivity index (χ1v) is 6.86. The SMILES string of the molecule is CCCCNC(=O)C(C)NCC1CCCCO1. The Hall–Kier alpha value is -0.610. The average Bonchev–Trinajstić information content (AvgIpc) is 2.37. The first kappa shape index (κ1) is 14.5. The van der Waals surface area contributed by atoms with Gasteiger partial charge in [0.05, 0.1) is 12.1 Å². The minimum Gasteiger partial charge on any atom is -0.377 e. The molecule has 2 unspecified atom stereocenters. The lowest BCUT2D eigenvalue weighted by Crippen LogP contribution is -2.45. The predicted molar refractivity (Wildman–Crippen MR) is 69.0 cm³/mol. The van der Waals surface area contributed by atoms with Gasteiger partial charge in [0, 0.05) is 19.7 Å². The molecule has 1 saturated heterocycles. The number of amides is 1. The van der Waals surface area contributed by atoms with Crippen molar-refractivity contribution in [2.75, 3.05) is 19.7 Å². The summed E-state index contributed by atoms with van der Waals surface area (Å²) in [7, 11) is 0. The van der Waals surface area contributed by atoms with Gasteiger partial charge in [-0.1, -0.05) is 13.3 Å². The molecule has 1 aliphatic rings. The van der Waals surface area contributed by atoms with Crippen molar-refractivity contribution >= 4 is 5.91 Å². The quantitative estimate of drug-likeness (QED) is 0.664. The number of hydrogen-bond acceptors (Lipinski definition) is 3. The third kappa shape index (κ3) is 6.03. The van der Waals surface area contributed by atoms with Gasteiger partial charge in [0.2, 0.25) is 5.91 Å². The summed E-state index contributed by atoms with van der Waals surface area (Å²) in [6, 6.07) is -0.127. The van der Waals surface area contributed by atoms with E-state index < -0.39 is 0 Å². The van der Waals surface area contributed by atoms with Gasteiger partial charge in [0.25, 0.3) is 0 Å². The fraction of sp³-hybridized carbons (Fsp3) is 0.923. The van der Waals surface area contributed by atoms with Gasteiger partial charge in [-0.25, -0.2) is 0 Å². The van der Waals surface area contributed by atoms with Crippen molar-refractivity contribution < 1.29 is 9.53 Å². The Morgan fingerprint density at radius 3 is 2.94 bits per heavy atom. The van der Waals surface area contributed by atoms with Crippen LogP contribution in [0.15, 0.2) is 0 Å². The molecule has 0 spiro atoms. The van der Waals surface area contributed by atoms with Crippen LogP contribution in [0.1, 0.15) is 46.0 Å². The molecule has 1 rings (SSSR count). The van der Waals surface area contributed by atoms with Gasteiger partial charge in [-0.2, -0.15) is 0 Å². The number of rotatable bonds is 7. The normalized spacial score (nSPS) is 22.1. The number of ether oxygens (including phenoxy) is 1. The van der Waals surface area contributed by atoms with E-state index in [0.29, 0.717) is 0 Å². The molecule has 4 nitrogen and oxygen atoms in total. The number of unbranched alkanes of at least 4 members (excludes halogenated alkanes) is 1. The van der Waals surface area contributed by atoms with Gasteiger partial charge in [-0.15, -0.1) is 0 Å². The van der Waals surface area contributed by atoms with E-state index in [0.717, 1.165) is 39.0 Å². The molecule has 1 amide bonds. The molecule has 0 bridgehead atoms. The van der Waals surface area contributed by atoms with Gasteiger partial charge < -0.3 is 15.4 Å². The Bertz CT molecular complexity index is 215. The molecule has 1 heterocycles. The zero-order valence-electron chi connectivity index (χ0n) is 11.1. The van der Waals surface area contributed by atoms with Crippen LogP contribution in [0.5, 0.6) is 0 Å². The summed E-state index contributed by atoms with van der Waals surface area (Å²) < 4.78 is 5.61. The number of hydrogen-bond donors (Lipinski definition) is 2. The zero-order valence-corrected chi connectivity index (χ0v) is 11.1. The van der Waals surface area contributed by atoms with E-state index >= 15 is 0 Å². The second-order valence-electron chi connectivity index (χ2n) is 4.76. The highest BCUT2D eigenvalue weighted by atomic mass is 16.5. The van der Waals surface area contributed by atoms with Gasteiger partial charge in [-0.05, 0) is 32.6 Å². The van der Waals surface area contributed by atoms with Gasteiger partial charge >= 0.3 is 0 Å². The van der Waals surface area contributed by atoms with Crippen molar-refractivity contribution in [1.29, 1.82) is 0 Å². The molecule has 2 atom stereocenters.